The van der Waals surface area contributed by atoms with Gasteiger partial charge in [0.2, 0.25) is 6.17 Å². The van der Waals surface area contributed by atoms with Crippen molar-refractivity contribution in [3.05, 3.63) is 54.1 Å². The molecule has 2 saturated heterocycles. The summed E-state index contributed by atoms with van der Waals surface area (Å²) in [6.45, 7) is 11.4. The number of amides is 3. The number of benzene rings is 2. The summed E-state index contributed by atoms with van der Waals surface area (Å²) in [5.74, 6) is -0.122. The highest BCUT2D eigenvalue weighted by molar-refractivity contribution is 6.14. The molecule has 0 radical (unpaired) electrons. The Labute approximate surface area is 238 Å². The Kier molecular flexibility index (Phi) is 9.04. The van der Waals surface area contributed by atoms with Crippen LogP contribution in [0.3, 0.4) is 0 Å². The second kappa shape index (κ2) is 12.9. The fourth-order valence-electron chi connectivity index (χ4n) is 6.28. The van der Waals surface area contributed by atoms with E-state index in [0.717, 1.165) is 36.5 Å². The molecule has 1 atom stereocenters. The third-order valence-electron chi connectivity index (χ3n) is 8.36. The lowest BCUT2D eigenvalue weighted by molar-refractivity contribution is -0.120. The van der Waals surface area contributed by atoms with Crippen molar-refractivity contribution in [2.75, 3.05) is 47.8 Å². The monoisotopic (exact) mass is 544 g/mol. The number of hydrogen-bond donors (Lipinski definition) is 2. The van der Waals surface area contributed by atoms with Gasteiger partial charge in [-0.1, -0.05) is 45.4 Å². The number of piperidine rings is 2. The molecule has 1 unspecified atom stereocenters. The number of nitrogens with zero attached hydrogens (tertiary/aromatic N) is 4. The van der Waals surface area contributed by atoms with Crippen LogP contribution in [0.25, 0.3) is 0 Å². The third kappa shape index (κ3) is 6.33. The van der Waals surface area contributed by atoms with E-state index in [1.165, 1.54) is 50.9 Å². The summed E-state index contributed by atoms with van der Waals surface area (Å²) < 4.78 is 0. The Bertz CT molecular complexity index is 1200. The summed E-state index contributed by atoms with van der Waals surface area (Å²) in [7, 11) is 0. The Morgan fingerprint density at radius 2 is 1.68 bits per heavy atom. The number of anilines is 3. The van der Waals surface area contributed by atoms with Crippen molar-refractivity contribution in [3.8, 4) is 0 Å². The van der Waals surface area contributed by atoms with E-state index in [1.807, 2.05) is 43.3 Å². The van der Waals surface area contributed by atoms with Gasteiger partial charge in [0.1, 0.15) is 0 Å². The molecule has 5 rings (SSSR count). The van der Waals surface area contributed by atoms with Crippen molar-refractivity contribution < 1.29 is 9.59 Å². The Hall–Kier alpha value is -3.39. The summed E-state index contributed by atoms with van der Waals surface area (Å²) in [4.78, 5) is 38.3. The van der Waals surface area contributed by atoms with Gasteiger partial charge in [-0.15, -0.1) is 0 Å². The molecule has 0 bridgehead atoms. The first kappa shape index (κ1) is 28.1. The number of aliphatic imine (C=N–C) groups is 1. The lowest BCUT2D eigenvalue weighted by Crippen LogP contribution is -2.48. The fourth-order valence-corrected chi connectivity index (χ4v) is 6.28. The zero-order chi connectivity index (χ0) is 28.1. The Balaban J connectivity index is 1.22. The van der Waals surface area contributed by atoms with Gasteiger partial charge in [-0.3, -0.25) is 9.79 Å². The first-order chi connectivity index (χ1) is 19.4. The molecule has 3 aliphatic heterocycles. The van der Waals surface area contributed by atoms with Crippen molar-refractivity contribution >= 4 is 34.7 Å². The number of urea groups is 1. The topological polar surface area (TPSA) is 80.3 Å². The maximum absolute atomic E-state index is 13.6. The van der Waals surface area contributed by atoms with Crippen LogP contribution in [0.1, 0.15) is 64.9 Å². The molecule has 0 aliphatic carbocycles. The molecule has 3 heterocycles. The van der Waals surface area contributed by atoms with Crippen LogP contribution in [0.4, 0.5) is 21.9 Å². The lowest BCUT2D eigenvalue weighted by atomic mass is 9.98. The SMILES string of the molecule is CCCN1C(=O)C(NC(=O)Nc2ccc(N3CCC(N4CCCCC4)CC3)cc2)N=C(C(C)C)c2ccccc21. The van der Waals surface area contributed by atoms with Gasteiger partial charge in [0, 0.05) is 48.3 Å². The van der Waals surface area contributed by atoms with Crippen molar-refractivity contribution in [1.29, 1.82) is 0 Å². The van der Waals surface area contributed by atoms with E-state index in [9.17, 15) is 9.59 Å². The Morgan fingerprint density at radius 1 is 0.975 bits per heavy atom. The molecular formula is C32H44N6O2. The second-order valence-electron chi connectivity index (χ2n) is 11.5. The van der Waals surface area contributed by atoms with E-state index in [2.05, 4.69) is 46.4 Å². The van der Waals surface area contributed by atoms with Crippen molar-refractivity contribution in [3.63, 3.8) is 0 Å². The fraction of sp³-hybridized carbons (Fsp3) is 0.531. The number of hydrogen-bond acceptors (Lipinski definition) is 5. The van der Waals surface area contributed by atoms with E-state index >= 15 is 0 Å². The predicted octanol–water partition coefficient (Wildman–Crippen LogP) is 5.49. The third-order valence-corrected chi connectivity index (χ3v) is 8.36. The zero-order valence-electron chi connectivity index (χ0n) is 24.2. The van der Waals surface area contributed by atoms with Crippen LogP contribution in [0.2, 0.25) is 0 Å². The maximum Gasteiger partial charge on any atom is 0.321 e. The molecule has 40 heavy (non-hydrogen) atoms. The average Bonchev–Trinajstić information content (AvgIpc) is 3.09. The zero-order valence-corrected chi connectivity index (χ0v) is 24.2. The lowest BCUT2D eigenvalue weighted by Gasteiger charge is -2.41. The number of carbonyl (C=O) groups excluding carboxylic acids is 2. The van der Waals surface area contributed by atoms with Gasteiger partial charge in [-0.25, -0.2) is 4.79 Å². The van der Waals surface area contributed by atoms with Gasteiger partial charge in [0.05, 0.1) is 5.69 Å². The van der Waals surface area contributed by atoms with Crippen molar-refractivity contribution in [2.24, 2.45) is 10.9 Å². The van der Waals surface area contributed by atoms with Gasteiger partial charge in [-0.05, 0) is 81.4 Å². The maximum atomic E-state index is 13.6. The van der Waals surface area contributed by atoms with Gasteiger partial charge in [0.25, 0.3) is 5.91 Å². The summed E-state index contributed by atoms with van der Waals surface area (Å²) in [5, 5.41) is 5.74. The summed E-state index contributed by atoms with van der Waals surface area (Å²) in [6.07, 6.45) is 6.28. The van der Waals surface area contributed by atoms with Crippen molar-refractivity contribution in [1.82, 2.24) is 10.2 Å². The van der Waals surface area contributed by atoms with E-state index in [-0.39, 0.29) is 11.8 Å². The van der Waals surface area contributed by atoms with Crippen LogP contribution < -0.4 is 20.4 Å². The summed E-state index contributed by atoms with van der Waals surface area (Å²) >= 11 is 0. The van der Waals surface area contributed by atoms with Crippen molar-refractivity contribution in [2.45, 2.75) is 71.5 Å². The summed E-state index contributed by atoms with van der Waals surface area (Å²) in [5.41, 5.74) is 4.48. The molecule has 8 nitrogen and oxygen atoms in total. The molecule has 2 aromatic rings. The molecule has 2 aromatic carbocycles. The van der Waals surface area contributed by atoms with Crippen LogP contribution in [0.15, 0.2) is 53.5 Å². The van der Waals surface area contributed by atoms with E-state index in [0.29, 0.717) is 18.3 Å². The van der Waals surface area contributed by atoms with Crippen LogP contribution in [0.5, 0.6) is 0 Å². The number of likely N-dealkylation sites (tertiary alicyclic amines) is 1. The van der Waals surface area contributed by atoms with E-state index < -0.39 is 12.2 Å². The first-order valence-corrected chi connectivity index (χ1v) is 15.1. The number of rotatable bonds is 7. The molecule has 0 spiro atoms. The minimum Gasteiger partial charge on any atom is -0.371 e. The van der Waals surface area contributed by atoms with Crippen LogP contribution in [-0.4, -0.2) is 67.5 Å². The van der Waals surface area contributed by atoms with Crippen LogP contribution >= 0.6 is 0 Å². The second-order valence-corrected chi connectivity index (χ2v) is 11.5. The van der Waals surface area contributed by atoms with E-state index in [1.54, 1.807) is 4.90 Å². The van der Waals surface area contributed by atoms with Crippen LogP contribution in [-0.2, 0) is 4.79 Å². The molecular weight excluding hydrogens is 500 g/mol. The average molecular weight is 545 g/mol. The van der Waals surface area contributed by atoms with Gasteiger partial charge in [0.15, 0.2) is 0 Å². The van der Waals surface area contributed by atoms with E-state index in [4.69, 9.17) is 4.99 Å². The predicted molar refractivity (Wildman–Crippen MR) is 164 cm³/mol. The standard InChI is InChI=1S/C32H44N6O2/c1-4-18-38-28-11-7-6-10-27(28)29(23(2)3)34-30(31(38)39)35-32(40)33-24-12-14-25(15-13-24)37-21-16-26(17-22-37)36-19-8-5-9-20-36/h6-7,10-15,23,26,30H,4-5,8-9,16-22H2,1-3H3,(H2,33,35,40). The number of para-hydroxylation sites is 1. The molecule has 3 amide bonds. The molecule has 8 heteroatoms. The largest absolute Gasteiger partial charge is 0.371 e. The first-order valence-electron chi connectivity index (χ1n) is 15.1. The molecule has 214 valence electrons. The highest BCUT2D eigenvalue weighted by atomic mass is 16.2. The smallest absolute Gasteiger partial charge is 0.321 e. The molecule has 2 fully saturated rings. The minimum atomic E-state index is -0.989. The molecule has 2 N–H and O–H groups in total. The number of fused-ring (bicyclic) bond motifs is 1. The number of carbonyl (C=O) groups is 2. The molecule has 3 aliphatic rings. The normalized spacial score (nSPS) is 20.6. The molecule has 0 aromatic heterocycles. The highest BCUT2D eigenvalue weighted by Crippen LogP contribution is 2.29. The Morgan fingerprint density at radius 3 is 2.35 bits per heavy atom. The minimum absolute atomic E-state index is 0.0975. The van der Waals surface area contributed by atoms with Gasteiger partial charge >= 0.3 is 6.03 Å². The van der Waals surface area contributed by atoms with Gasteiger partial charge < -0.3 is 25.3 Å². The molecule has 0 saturated carbocycles. The summed E-state index contributed by atoms with van der Waals surface area (Å²) in [6, 6.07) is 16.1. The number of benzodiazepines with no additional fused rings is 1. The van der Waals surface area contributed by atoms with Gasteiger partial charge in [-0.2, -0.15) is 0 Å². The highest BCUT2D eigenvalue weighted by Gasteiger charge is 2.33. The number of nitrogens with one attached hydrogen (secondary N) is 2. The van der Waals surface area contributed by atoms with Crippen LogP contribution in [0, 0.1) is 5.92 Å². The quantitative estimate of drug-likeness (QED) is 0.483.